The van der Waals surface area contributed by atoms with Gasteiger partial charge < -0.3 is 14.0 Å². The summed E-state index contributed by atoms with van der Waals surface area (Å²) in [5.74, 6) is 2.39. The molecule has 0 unspecified atom stereocenters. The molecule has 0 saturated heterocycles. The van der Waals surface area contributed by atoms with Crippen LogP contribution in [0.15, 0.2) is 16.9 Å². The minimum atomic E-state index is 0.0775. The Kier molecular flexibility index (Phi) is 5.30. The summed E-state index contributed by atoms with van der Waals surface area (Å²) in [4.78, 5) is 22.2. The molecule has 1 amide bonds. The van der Waals surface area contributed by atoms with Crippen LogP contribution in [0, 0.1) is 6.92 Å². The van der Waals surface area contributed by atoms with Crippen LogP contribution in [0.2, 0.25) is 0 Å². The Morgan fingerprint density at radius 3 is 2.82 bits per heavy atom. The number of carbonyl (C=O) groups is 1. The molecular weight excluding hydrogens is 282 g/mol. The van der Waals surface area contributed by atoms with Crippen LogP contribution in [-0.4, -0.2) is 37.5 Å². The van der Waals surface area contributed by atoms with Crippen LogP contribution >= 0.6 is 0 Å². The molecule has 0 saturated carbocycles. The predicted molar refractivity (Wildman–Crippen MR) is 81.1 cm³/mol. The summed E-state index contributed by atoms with van der Waals surface area (Å²) in [7, 11) is 1.76. The molecule has 0 aliphatic heterocycles. The van der Waals surface area contributed by atoms with E-state index in [2.05, 4.69) is 15.1 Å². The van der Waals surface area contributed by atoms with E-state index in [1.54, 1.807) is 18.1 Å². The van der Waals surface area contributed by atoms with Crippen molar-refractivity contribution in [2.24, 2.45) is 0 Å². The molecule has 7 heteroatoms. The summed E-state index contributed by atoms with van der Waals surface area (Å²) < 4.78 is 7.18. The van der Waals surface area contributed by atoms with Crippen molar-refractivity contribution in [2.75, 3.05) is 7.05 Å². The molecule has 0 spiro atoms. The molecule has 0 radical (unpaired) electrons. The summed E-state index contributed by atoms with van der Waals surface area (Å²) in [5, 5.41) is 3.90. The van der Waals surface area contributed by atoms with Gasteiger partial charge in [-0.1, -0.05) is 19.0 Å². The summed E-state index contributed by atoms with van der Waals surface area (Å²) >= 11 is 0. The molecular formula is C15H23N5O2. The highest BCUT2D eigenvalue weighted by Crippen LogP contribution is 2.12. The number of imidazole rings is 1. The smallest absolute Gasteiger partial charge is 0.229 e. The van der Waals surface area contributed by atoms with Gasteiger partial charge in [0.05, 0.1) is 6.54 Å². The molecule has 22 heavy (non-hydrogen) atoms. The van der Waals surface area contributed by atoms with Gasteiger partial charge in [-0.25, -0.2) is 4.98 Å². The molecule has 2 rings (SSSR count). The Morgan fingerprint density at radius 1 is 1.45 bits per heavy atom. The third-order valence-electron chi connectivity index (χ3n) is 3.50. The fourth-order valence-corrected chi connectivity index (χ4v) is 2.10. The molecule has 0 aliphatic carbocycles. The molecule has 2 aromatic rings. The lowest BCUT2D eigenvalue weighted by atomic mass is 10.2. The summed E-state index contributed by atoms with van der Waals surface area (Å²) in [6, 6.07) is 0. The second-order valence-corrected chi connectivity index (χ2v) is 5.72. The van der Waals surface area contributed by atoms with E-state index in [1.165, 1.54) is 0 Å². The van der Waals surface area contributed by atoms with Crippen molar-refractivity contribution in [3.05, 3.63) is 29.9 Å². The van der Waals surface area contributed by atoms with Gasteiger partial charge in [0, 0.05) is 38.3 Å². The van der Waals surface area contributed by atoms with Crippen molar-refractivity contribution < 1.29 is 9.32 Å². The predicted octanol–water partition coefficient (Wildman–Crippen LogP) is 2.14. The summed E-state index contributed by atoms with van der Waals surface area (Å²) in [6.07, 6.45) is 4.97. The maximum Gasteiger partial charge on any atom is 0.229 e. The monoisotopic (exact) mass is 305 g/mol. The first-order valence-corrected chi connectivity index (χ1v) is 7.51. The minimum absolute atomic E-state index is 0.0775. The molecule has 0 aromatic carbocycles. The quantitative estimate of drug-likeness (QED) is 0.783. The largest absolute Gasteiger partial charge is 0.339 e. The van der Waals surface area contributed by atoms with Crippen LogP contribution in [0.1, 0.15) is 50.1 Å². The second kappa shape index (κ2) is 7.20. The lowest BCUT2D eigenvalue weighted by Crippen LogP contribution is -2.26. The molecule has 0 bridgehead atoms. The zero-order chi connectivity index (χ0) is 16.1. The van der Waals surface area contributed by atoms with E-state index in [-0.39, 0.29) is 11.8 Å². The molecule has 0 fully saturated rings. The molecule has 120 valence electrons. The molecule has 0 N–H and O–H groups in total. The van der Waals surface area contributed by atoms with Crippen LogP contribution in [0.25, 0.3) is 0 Å². The molecule has 0 atom stereocenters. The fourth-order valence-electron chi connectivity index (χ4n) is 2.10. The Morgan fingerprint density at radius 2 is 2.23 bits per heavy atom. The Bertz CT molecular complexity index is 617. The van der Waals surface area contributed by atoms with Gasteiger partial charge in [0.2, 0.25) is 11.8 Å². The Balaban J connectivity index is 1.77. The van der Waals surface area contributed by atoms with Crippen molar-refractivity contribution in [1.82, 2.24) is 24.6 Å². The highest BCUT2D eigenvalue weighted by atomic mass is 16.5. The van der Waals surface area contributed by atoms with Gasteiger partial charge in [-0.3, -0.25) is 4.79 Å². The number of amides is 1. The first-order chi connectivity index (χ1) is 10.5. The molecule has 2 heterocycles. The van der Waals surface area contributed by atoms with Gasteiger partial charge in [0.1, 0.15) is 5.82 Å². The number of hydrogen-bond acceptors (Lipinski definition) is 5. The van der Waals surface area contributed by atoms with Crippen molar-refractivity contribution in [3.8, 4) is 0 Å². The fraction of sp³-hybridized carbons (Fsp3) is 0.600. The average Bonchev–Trinajstić information content (AvgIpc) is 3.08. The van der Waals surface area contributed by atoms with Crippen molar-refractivity contribution in [3.63, 3.8) is 0 Å². The summed E-state index contributed by atoms with van der Waals surface area (Å²) in [5.41, 5.74) is 0. The number of nitrogens with zero attached hydrogens (tertiary/aromatic N) is 5. The van der Waals surface area contributed by atoms with Crippen LogP contribution in [-0.2, 0) is 17.9 Å². The minimum Gasteiger partial charge on any atom is -0.339 e. The molecule has 0 aliphatic rings. The topological polar surface area (TPSA) is 77.0 Å². The van der Waals surface area contributed by atoms with Gasteiger partial charge in [-0.15, -0.1) is 0 Å². The maximum atomic E-state index is 12.1. The number of hydrogen-bond donors (Lipinski definition) is 0. The van der Waals surface area contributed by atoms with E-state index in [0.717, 1.165) is 18.8 Å². The first-order valence-electron chi connectivity index (χ1n) is 7.51. The van der Waals surface area contributed by atoms with Gasteiger partial charge in [0.25, 0.3) is 0 Å². The highest BCUT2D eigenvalue weighted by Gasteiger charge is 2.14. The van der Waals surface area contributed by atoms with Crippen molar-refractivity contribution >= 4 is 5.91 Å². The van der Waals surface area contributed by atoms with Gasteiger partial charge >= 0.3 is 0 Å². The standard InChI is InChI=1S/C15H23N5O2/c1-11(2)15-17-13(18-22-15)10-19(4)14(21)6-5-8-20-9-7-16-12(20)3/h7,9,11H,5-6,8,10H2,1-4H3. The SMILES string of the molecule is Cc1nccn1CCCC(=O)N(C)Cc1noc(C(C)C)n1. The number of aryl methyl sites for hydroxylation is 2. The van der Waals surface area contributed by atoms with E-state index in [9.17, 15) is 4.79 Å². The third-order valence-corrected chi connectivity index (χ3v) is 3.50. The third kappa shape index (κ3) is 4.16. The Hall–Kier alpha value is -2.18. The lowest BCUT2D eigenvalue weighted by molar-refractivity contribution is -0.130. The van der Waals surface area contributed by atoms with Gasteiger partial charge in [-0.2, -0.15) is 4.98 Å². The first kappa shape index (κ1) is 16.2. The zero-order valence-electron chi connectivity index (χ0n) is 13.6. The van der Waals surface area contributed by atoms with E-state index in [4.69, 9.17) is 4.52 Å². The Labute approximate surface area is 130 Å². The number of carbonyl (C=O) groups excluding carboxylic acids is 1. The van der Waals surface area contributed by atoms with E-state index in [0.29, 0.717) is 24.7 Å². The van der Waals surface area contributed by atoms with E-state index in [1.807, 2.05) is 31.5 Å². The van der Waals surface area contributed by atoms with Crippen LogP contribution < -0.4 is 0 Å². The maximum absolute atomic E-state index is 12.1. The molecule has 7 nitrogen and oxygen atoms in total. The molecule has 2 aromatic heterocycles. The average molecular weight is 305 g/mol. The van der Waals surface area contributed by atoms with Crippen LogP contribution in [0.5, 0.6) is 0 Å². The van der Waals surface area contributed by atoms with Crippen LogP contribution in [0.4, 0.5) is 0 Å². The number of rotatable bonds is 7. The normalized spacial score (nSPS) is 11.1. The highest BCUT2D eigenvalue weighted by molar-refractivity contribution is 5.75. The van der Waals surface area contributed by atoms with Crippen molar-refractivity contribution in [2.45, 2.75) is 52.6 Å². The lowest BCUT2D eigenvalue weighted by Gasteiger charge is -2.15. The second-order valence-electron chi connectivity index (χ2n) is 5.72. The summed E-state index contributed by atoms with van der Waals surface area (Å²) in [6.45, 7) is 7.11. The van der Waals surface area contributed by atoms with E-state index >= 15 is 0 Å². The number of aromatic nitrogens is 4. The van der Waals surface area contributed by atoms with E-state index < -0.39 is 0 Å². The van der Waals surface area contributed by atoms with Crippen LogP contribution in [0.3, 0.4) is 0 Å². The zero-order valence-corrected chi connectivity index (χ0v) is 13.6. The van der Waals surface area contributed by atoms with Gasteiger partial charge in [-0.05, 0) is 13.3 Å². The van der Waals surface area contributed by atoms with Crippen molar-refractivity contribution in [1.29, 1.82) is 0 Å². The van der Waals surface area contributed by atoms with Gasteiger partial charge in [0.15, 0.2) is 5.82 Å².